The Morgan fingerprint density at radius 3 is 2.35 bits per heavy atom. The first-order valence-electron chi connectivity index (χ1n) is 10.6. The fourth-order valence-corrected chi connectivity index (χ4v) is 3.79. The van der Waals surface area contributed by atoms with Crippen LogP contribution in [-0.4, -0.2) is 51.6 Å². The number of aromatic nitrogens is 6. The van der Waals surface area contributed by atoms with E-state index in [4.69, 9.17) is 23.2 Å². The van der Waals surface area contributed by atoms with E-state index in [-0.39, 0.29) is 33.7 Å². The minimum atomic E-state index is -4.98. The molecule has 4 rings (SSSR count). The van der Waals surface area contributed by atoms with Gasteiger partial charge in [-0.25, -0.2) is 23.5 Å². The monoisotopic (exact) mass is 560 g/mol. The number of hydrogen-bond acceptors (Lipinski definition) is 6. The number of alkyl halides is 3. The first-order valence-corrected chi connectivity index (χ1v) is 11.4. The van der Waals surface area contributed by atoms with E-state index < -0.39 is 43.0 Å². The summed E-state index contributed by atoms with van der Waals surface area (Å²) in [6.07, 6.45) is -8.99. The quantitative estimate of drug-likeness (QED) is 0.333. The summed E-state index contributed by atoms with van der Waals surface area (Å²) in [4.78, 5) is 17.2. The van der Waals surface area contributed by atoms with Gasteiger partial charge in [0, 0.05) is 16.7 Å². The van der Waals surface area contributed by atoms with Gasteiger partial charge < -0.3 is 10.2 Å². The third-order valence-electron chi connectivity index (χ3n) is 5.24. The number of halogens is 6. The van der Waals surface area contributed by atoms with Gasteiger partial charge in [-0.1, -0.05) is 23.2 Å². The van der Waals surface area contributed by atoms with Gasteiger partial charge in [0.15, 0.2) is 23.6 Å². The topological polar surface area (TPSA) is 111 Å². The number of nitrogens with zero attached hydrogens (tertiary/aromatic N) is 6. The second-order valence-electron chi connectivity index (χ2n) is 8.01. The molecule has 2 aromatic carbocycles. The molecule has 2 aromatic heterocycles. The largest absolute Gasteiger partial charge is 0.416 e. The molecule has 0 unspecified atom stereocenters. The minimum Gasteiger partial charge on any atom is -0.385 e. The lowest BCUT2D eigenvalue weighted by atomic mass is 10.2. The Labute approximate surface area is 216 Å². The van der Waals surface area contributed by atoms with Crippen molar-refractivity contribution in [1.29, 1.82) is 0 Å². The standard InChI is InChI=1S/C22H18Cl2F4N6O3/c1-11(35)19-29-18(30-34(19)16-8-14(25)6-7-15(16)24)10-33-21(37)32(9-17(36)22(26,27)28)20(31-33)12-2-4-13(23)5-3-12/h2-8,11,17,35-36H,9-10H2,1H3/t11-,17-/m0/s1. The van der Waals surface area contributed by atoms with E-state index in [1.165, 1.54) is 37.3 Å². The van der Waals surface area contributed by atoms with Crippen LogP contribution in [0.5, 0.6) is 0 Å². The summed E-state index contributed by atoms with van der Waals surface area (Å²) in [6, 6.07) is 9.33. The van der Waals surface area contributed by atoms with E-state index in [0.29, 0.717) is 9.59 Å². The van der Waals surface area contributed by atoms with E-state index in [1.807, 2.05) is 0 Å². The molecule has 0 aliphatic rings. The van der Waals surface area contributed by atoms with Crippen LogP contribution in [0.25, 0.3) is 17.1 Å². The summed E-state index contributed by atoms with van der Waals surface area (Å²) in [7, 11) is 0. The highest BCUT2D eigenvalue weighted by Gasteiger charge is 2.39. The third kappa shape index (κ3) is 5.69. The highest BCUT2D eigenvalue weighted by atomic mass is 35.5. The van der Waals surface area contributed by atoms with Crippen molar-refractivity contribution in [2.75, 3.05) is 0 Å². The first kappa shape index (κ1) is 26.8. The molecule has 4 aromatic rings. The third-order valence-corrected chi connectivity index (χ3v) is 5.81. The smallest absolute Gasteiger partial charge is 0.385 e. The Balaban J connectivity index is 1.79. The molecule has 0 saturated heterocycles. The number of hydrogen-bond donors (Lipinski definition) is 2. The van der Waals surface area contributed by atoms with Crippen LogP contribution in [0.4, 0.5) is 17.6 Å². The summed E-state index contributed by atoms with van der Waals surface area (Å²) >= 11 is 12.0. The van der Waals surface area contributed by atoms with Crippen LogP contribution in [0.1, 0.15) is 24.7 Å². The summed E-state index contributed by atoms with van der Waals surface area (Å²) in [5, 5.41) is 28.6. The van der Waals surface area contributed by atoms with E-state index in [2.05, 4.69) is 15.2 Å². The molecule has 0 spiro atoms. The highest BCUT2D eigenvalue weighted by Crippen LogP contribution is 2.26. The molecule has 0 radical (unpaired) electrons. The maximum atomic E-state index is 13.8. The molecule has 0 amide bonds. The predicted molar refractivity (Wildman–Crippen MR) is 125 cm³/mol. The molecule has 37 heavy (non-hydrogen) atoms. The average molecular weight is 561 g/mol. The molecule has 2 atom stereocenters. The van der Waals surface area contributed by atoms with Gasteiger partial charge in [0.1, 0.15) is 18.5 Å². The normalized spacial score (nSPS) is 13.6. The Bertz CT molecular complexity index is 1480. The van der Waals surface area contributed by atoms with Crippen LogP contribution >= 0.6 is 23.2 Å². The SMILES string of the molecule is C[C@H](O)c1nc(Cn2nc(-c3ccc(Cl)cc3)n(C[C@H](O)C(F)(F)F)c2=O)nn1-c1cc(F)ccc1Cl. The van der Waals surface area contributed by atoms with Crippen molar-refractivity contribution in [3.8, 4) is 17.1 Å². The van der Waals surface area contributed by atoms with Crippen LogP contribution in [-0.2, 0) is 13.1 Å². The van der Waals surface area contributed by atoms with Crippen molar-refractivity contribution in [2.24, 2.45) is 0 Å². The molecule has 0 bridgehead atoms. The molecular weight excluding hydrogens is 543 g/mol. The molecule has 0 saturated carbocycles. The van der Waals surface area contributed by atoms with Crippen LogP contribution in [0.2, 0.25) is 10.0 Å². The zero-order chi connectivity index (χ0) is 27.1. The zero-order valence-electron chi connectivity index (χ0n) is 18.9. The first-order chi connectivity index (χ1) is 17.3. The fourth-order valence-electron chi connectivity index (χ4n) is 3.46. The molecule has 15 heteroatoms. The Kier molecular flexibility index (Phi) is 7.42. The van der Waals surface area contributed by atoms with E-state index >= 15 is 0 Å². The molecule has 0 fully saturated rings. The van der Waals surface area contributed by atoms with E-state index in [9.17, 15) is 32.6 Å². The van der Waals surface area contributed by atoms with Gasteiger partial charge in [-0.2, -0.15) is 13.2 Å². The van der Waals surface area contributed by atoms with Crippen molar-refractivity contribution in [1.82, 2.24) is 29.1 Å². The van der Waals surface area contributed by atoms with Crippen molar-refractivity contribution < 1.29 is 27.8 Å². The molecular formula is C22H18Cl2F4N6O3. The Morgan fingerprint density at radius 2 is 1.73 bits per heavy atom. The van der Waals surface area contributed by atoms with Gasteiger partial charge in [0.2, 0.25) is 0 Å². The van der Waals surface area contributed by atoms with Crippen LogP contribution < -0.4 is 5.69 Å². The number of benzene rings is 2. The predicted octanol–water partition coefficient (Wildman–Crippen LogP) is 3.76. The molecule has 2 N–H and O–H groups in total. The van der Waals surface area contributed by atoms with Gasteiger partial charge in [-0.3, -0.25) is 4.57 Å². The van der Waals surface area contributed by atoms with Crippen molar-refractivity contribution in [2.45, 2.75) is 38.4 Å². The van der Waals surface area contributed by atoms with Crippen molar-refractivity contribution in [3.05, 3.63) is 80.5 Å². The maximum absolute atomic E-state index is 13.8. The van der Waals surface area contributed by atoms with Gasteiger partial charge in [0.25, 0.3) is 0 Å². The van der Waals surface area contributed by atoms with E-state index in [1.54, 1.807) is 0 Å². The summed E-state index contributed by atoms with van der Waals surface area (Å²) in [6.45, 7) is -0.149. The van der Waals surface area contributed by atoms with Crippen LogP contribution in [0, 0.1) is 5.82 Å². The summed E-state index contributed by atoms with van der Waals surface area (Å²) in [5.74, 6) is -0.880. The average Bonchev–Trinajstić information content (AvgIpc) is 3.38. The zero-order valence-corrected chi connectivity index (χ0v) is 20.4. The number of aliphatic hydroxyl groups is 2. The lowest BCUT2D eigenvalue weighted by Crippen LogP contribution is -2.37. The number of rotatable bonds is 7. The Hall–Kier alpha value is -3.26. The van der Waals surface area contributed by atoms with Gasteiger partial charge >= 0.3 is 11.9 Å². The minimum absolute atomic E-state index is 0.0274. The maximum Gasteiger partial charge on any atom is 0.416 e. The van der Waals surface area contributed by atoms with Gasteiger partial charge in [-0.15, -0.1) is 10.2 Å². The summed E-state index contributed by atoms with van der Waals surface area (Å²) < 4.78 is 55.6. The second kappa shape index (κ2) is 10.2. The van der Waals surface area contributed by atoms with Crippen molar-refractivity contribution in [3.63, 3.8) is 0 Å². The molecule has 9 nitrogen and oxygen atoms in total. The summed E-state index contributed by atoms with van der Waals surface area (Å²) in [5.41, 5.74) is -0.638. The highest BCUT2D eigenvalue weighted by molar-refractivity contribution is 6.32. The van der Waals surface area contributed by atoms with Crippen molar-refractivity contribution >= 4 is 23.2 Å². The Morgan fingerprint density at radius 1 is 1.05 bits per heavy atom. The molecule has 0 aliphatic heterocycles. The van der Waals surface area contributed by atoms with E-state index in [0.717, 1.165) is 21.5 Å². The lowest BCUT2D eigenvalue weighted by Gasteiger charge is -2.15. The molecule has 2 heterocycles. The van der Waals surface area contributed by atoms with Gasteiger partial charge in [0.05, 0.1) is 17.3 Å². The molecule has 196 valence electrons. The van der Waals surface area contributed by atoms with Gasteiger partial charge in [-0.05, 0) is 43.3 Å². The van der Waals surface area contributed by atoms with Crippen LogP contribution in [0.15, 0.2) is 47.3 Å². The molecule has 0 aliphatic carbocycles. The van der Waals surface area contributed by atoms with Crippen LogP contribution in [0.3, 0.4) is 0 Å². The fraction of sp³-hybridized carbons (Fsp3) is 0.273. The second-order valence-corrected chi connectivity index (χ2v) is 8.85. The number of aliphatic hydroxyl groups excluding tert-OH is 2. The lowest BCUT2D eigenvalue weighted by molar-refractivity contribution is -0.207.